The van der Waals surface area contributed by atoms with Crippen LogP contribution in [-0.2, 0) is 9.59 Å². The first-order valence-electron chi connectivity index (χ1n) is 10.6. The van der Waals surface area contributed by atoms with Crippen molar-refractivity contribution >= 4 is 18.0 Å². The lowest BCUT2D eigenvalue weighted by molar-refractivity contribution is -0.157. The molecule has 0 bridgehead atoms. The predicted molar refractivity (Wildman–Crippen MR) is 122 cm³/mol. The van der Waals surface area contributed by atoms with E-state index in [0.717, 1.165) is 11.6 Å². The van der Waals surface area contributed by atoms with Crippen molar-refractivity contribution in [1.82, 2.24) is 10.6 Å². The lowest BCUT2D eigenvalue weighted by Gasteiger charge is -2.23. The average molecular weight is 473 g/mol. The van der Waals surface area contributed by atoms with Gasteiger partial charge in [0.05, 0.1) is 6.07 Å². The van der Waals surface area contributed by atoms with Crippen LogP contribution in [0.3, 0.4) is 0 Å². The molecule has 6 nitrogen and oxygen atoms in total. The van der Waals surface area contributed by atoms with E-state index < -0.39 is 18.2 Å². The first-order chi connectivity index (χ1) is 16.1. The van der Waals surface area contributed by atoms with E-state index in [-0.39, 0.29) is 36.9 Å². The van der Waals surface area contributed by atoms with Gasteiger partial charge in [-0.2, -0.15) is 18.4 Å². The smallest absolute Gasteiger partial charge is 0.407 e. The number of hydrogen-bond donors (Lipinski definition) is 3. The fourth-order valence-electron chi connectivity index (χ4n) is 3.38. The van der Waals surface area contributed by atoms with Crippen molar-refractivity contribution in [1.29, 1.82) is 5.26 Å². The number of carbonyl (C=O) groups excluding carboxylic acids is 1. The van der Waals surface area contributed by atoms with E-state index in [9.17, 15) is 22.8 Å². The normalized spacial score (nSPS) is 13.3. The topological polar surface area (TPSA) is 102 Å². The minimum atomic E-state index is -4.50. The second-order valence-corrected chi connectivity index (χ2v) is 7.88. The van der Waals surface area contributed by atoms with Crippen LogP contribution in [-0.4, -0.2) is 36.2 Å². The highest BCUT2D eigenvalue weighted by Gasteiger charge is 2.40. The molecule has 3 N–H and O–H groups in total. The molecule has 0 saturated heterocycles. The van der Waals surface area contributed by atoms with E-state index >= 15 is 0 Å². The second-order valence-electron chi connectivity index (χ2n) is 7.88. The van der Waals surface area contributed by atoms with Gasteiger partial charge in [0, 0.05) is 12.5 Å². The van der Waals surface area contributed by atoms with Crippen molar-refractivity contribution in [2.75, 3.05) is 13.1 Å². The summed E-state index contributed by atoms with van der Waals surface area (Å²) in [5, 5.41) is 22.2. The summed E-state index contributed by atoms with van der Waals surface area (Å²) in [6.45, 7) is 1.74. The van der Waals surface area contributed by atoms with Gasteiger partial charge in [-0.05, 0) is 53.3 Å². The number of aliphatic carboxylic acids is 1. The summed E-state index contributed by atoms with van der Waals surface area (Å²) in [6.07, 6.45) is -1.55. The third-order valence-corrected chi connectivity index (χ3v) is 5.09. The number of carboxylic acids is 1. The SMILES string of the molecule is CC(CCNC(c1ccc(-c2cccc(C=CC(=O)O)c2)cc1)C(F)(F)F)CC(=O)NCC#N. The van der Waals surface area contributed by atoms with Crippen LogP contribution >= 0.6 is 0 Å². The van der Waals surface area contributed by atoms with Crippen molar-refractivity contribution in [2.24, 2.45) is 5.92 Å². The first-order valence-corrected chi connectivity index (χ1v) is 10.6. The predicted octanol–water partition coefficient (Wildman–Crippen LogP) is 4.70. The molecule has 2 rings (SSSR count). The van der Waals surface area contributed by atoms with Crippen LogP contribution in [0.1, 0.15) is 36.9 Å². The molecule has 2 aromatic rings. The summed E-state index contributed by atoms with van der Waals surface area (Å²) in [5.41, 5.74) is 2.18. The number of benzene rings is 2. The number of hydrogen-bond acceptors (Lipinski definition) is 4. The second kappa shape index (κ2) is 12.6. The fourth-order valence-corrected chi connectivity index (χ4v) is 3.38. The minimum Gasteiger partial charge on any atom is -0.478 e. The molecule has 2 aromatic carbocycles. The third kappa shape index (κ3) is 8.71. The molecule has 34 heavy (non-hydrogen) atoms. The number of amides is 1. The van der Waals surface area contributed by atoms with Gasteiger partial charge in [-0.25, -0.2) is 4.79 Å². The van der Waals surface area contributed by atoms with Crippen LogP contribution in [0.5, 0.6) is 0 Å². The molecular formula is C25H26F3N3O3. The number of carboxylic acid groups (broad SMARTS) is 1. The van der Waals surface area contributed by atoms with Crippen molar-refractivity contribution in [3.05, 3.63) is 65.7 Å². The molecule has 0 fully saturated rings. The van der Waals surface area contributed by atoms with Gasteiger partial charge in [-0.15, -0.1) is 0 Å². The van der Waals surface area contributed by atoms with Gasteiger partial charge < -0.3 is 15.7 Å². The Balaban J connectivity index is 2.05. The molecule has 180 valence electrons. The van der Waals surface area contributed by atoms with Gasteiger partial charge >= 0.3 is 12.1 Å². The van der Waals surface area contributed by atoms with Crippen LogP contribution < -0.4 is 10.6 Å². The van der Waals surface area contributed by atoms with Gasteiger partial charge in [0.2, 0.25) is 5.91 Å². The average Bonchev–Trinajstić information content (AvgIpc) is 2.78. The zero-order chi connectivity index (χ0) is 25.1. The largest absolute Gasteiger partial charge is 0.478 e. The molecule has 2 unspecified atom stereocenters. The molecule has 1 amide bonds. The summed E-state index contributed by atoms with van der Waals surface area (Å²) in [7, 11) is 0. The molecule has 0 heterocycles. The highest BCUT2D eigenvalue weighted by Crippen LogP contribution is 2.34. The van der Waals surface area contributed by atoms with Crippen molar-refractivity contribution in [3.63, 3.8) is 0 Å². The van der Waals surface area contributed by atoms with Gasteiger partial charge in [-0.1, -0.05) is 49.4 Å². The molecule has 0 spiro atoms. The summed E-state index contributed by atoms with van der Waals surface area (Å²) in [6, 6.07) is 13.0. The Hall–Kier alpha value is -3.64. The Morgan fingerprint density at radius 2 is 1.85 bits per heavy atom. The van der Waals surface area contributed by atoms with Crippen molar-refractivity contribution < 1.29 is 27.9 Å². The molecule has 0 aliphatic carbocycles. The standard InChI is InChI=1S/C25H26F3N3O3/c1-17(15-22(32)30-14-12-29)11-13-31-24(25(26,27)28)20-8-6-19(7-9-20)21-4-2-3-18(16-21)5-10-23(33)34/h2-10,16-17,24,31H,11,13-15H2,1H3,(H,30,32)(H,33,34). The Labute approximate surface area is 196 Å². The van der Waals surface area contributed by atoms with Gasteiger partial charge in [0.1, 0.15) is 12.6 Å². The van der Waals surface area contributed by atoms with Gasteiger partial charge in [-0.3, -0.25) is 4.79 Å². The van der Waals surface area contributed by atoms with E-state index in [1.54, 1.807) is 49.4 Å². The van der Waals surface area contributed by atoms with Crippen LogP contribution in [0.2, 0.25) is 0 Å². The molecule has 2 atom stereocenters. The Bertz CT molecular complexity index is 1040. The molecule has 9 heteroatoms. The van der Waals surface area contributed by atoms with Crippen LogP contribution in [0.25, 0.3) is 17.2 Å². The Morgan fingerprint density at radius 3 is 2.47 bits per heavy atom. The molecule has 0 aromatic heterocycles. The highest BCUT2D eigenvalue weighted by molar-refractivity contribution is 5.85. The summed E-state index contributed by atoms with van der Waals surface area (Å²) < 4.78 is 41.1. The number of rotatable bonds is 11. The third-order valence-electron chi connectivity index (χ3n) is 5.09. The Morgan fingerprint density at radius 1 is 1.15 bits per heavy atom. The molecule has 0 aliphatic rings. The van der Waals surface area contributed by atoms with Crippen LogP contribution in [0.4, 0.5) is 13.2 Å². The maximum atomic E-state index is 13.7. The molecule has 0 aliphatic heterocycles. The zero-order valence-corrected chi connectivity index (χ0v) is 18.6. The fraction of sp³-hybridized carbons (Fsp3) is 0.320. The molecular weight excluding hydrogens is 447 g/mol. The molecule has 0 radical (unpaired) electrons. The lowest BCUT2D eigenvalue weighted by atomic mass is 9.98. The maximum Gasteiger partial charge on any atom is 0.407 e. The van der Waals surface area contributed by atoms with E-state index in [2.05, 4.69) is 10.6 Å². The number of alkyl halides is 3. The summed E-state index contributed by atoms with van der Waals surface area (Å²) in [5.74, 6) is -1.53. The highest BCUT2D eigenvalue weighted by atomic mass is 19.4. The number of nitrogens with zero attached hydrogens (tertiary/aromatic N) is 1. The molecule has 0 saturated carbocycles. The van der Waals surface area contributed by atoms with Crippen LogP contribution in [0, 0.1) is 17.2 Å². The number of carbonyl (C=O) groups is 2. The number of nitriles is 1. The van der Waals surface area contributed by atoms with E-state index in [0.29, 0.717) is 17.5 Å². The minimum absolute atomic E-state index is 0.0661. The van der Waals surface area contributed by atoms with Gasteiger partial charge in [0.15, 0.2) is 0 Å². The van der Waals surface area contributed by atoms with Gasteiger partial charge in [0.25, 0.3) is 0 Å². The van der Waals surface area contributed by atoms with Crippen molar-refractivity contribution in [3.8, 4) is 17.2 Å². The maximum absolute atomic E-state index is 13.7. The summed E-state index contributed by atoms with van der Waals surface area (Å²) in [4.78, 5) is 22.3. The van der Waals surface area contributed by atoms with E-state index in [1.807, 2.05) is 0 Å². The van der Waals surface area contributed by atoms with Crippen LogP contribution in [0.15, 0.2) is 54.6 Å². The van der Waals surface area contributed by atoms with E-state index in [4.69, 9.17) is 10.4 Å². The monoisotopic (exact) mass is 473 g/mol. The summed E-state index contributed by atoms with van der Waals surface area (Å²) >= 11 is 0. The van der Waals surface area contributed by atoms with Crippen molar-refractivity contribution in [2.45, 2.75) is 32.0 Å². The Kier molecular flexibility index (Phi) is 9.83. The number of nitrogens with one attached hydrogen (secondary N) is 2. The van der Waals surface area contributed by atoms with E-state index in [1.165, 1.54) is 18.2 Å². The first kappa shape index (κ1) is 26.6. The number of halogens is 3. The lowest BCUT2D eigenvalue weighted by Crippen LogP contribution is -2.35. The zero-order valence-electron chi connectivity index (χ0n) is 18.6. The quantitative estimate of drug-likeness (QED) is 0.324.